The molecule has 0 spiro atoms. The fourth-order valence-electron chi connectivity index (χ4n) is 3.02. The van der Waals surface area contributed by atoms with E-state index >= 15 is 0 Å². The highest BCUT2D eigenvalue weighted by molar-refractivity contribution is 7.85. The molecule has 0 heterocycles. The minimum absolute atomic E-state index is 0.0183. The lowest BCUT2D eigenvalue weighted by Crippen LogP contribution is -2.12. The van der Waals surface area contributed by atoms with Crippen LogP contribution in [0.2, 0.25) is 0 Å². The molecule has 0 atom stereocenters. The van der Waals surface area contributed by atoms with E-state index in [9.17, 15) is 22.6 Å². The molecule has 8 heteroatoms. The molecule has 0 aliphatic rings. The summed E-state index contributed by atoms with van der Waals surface area (Å²) in [6, 6.07) is 23.2. The molecule has 0 aliphatic carbocycles. The van der Waals surface area contributed by atoms with Gasteiger partial charge in [-0.15, -0.1) is 0 Å². The van der Waals surface area contributed by atoms with Crippen LogP contribution in [-0.4, -0.2) is 24.9 Å². The van der Waals surface area contributed by atoms with Gasteiger partial charge in [0.25, 0.3) is 10.1 Å². The van der Waals surface area contributed by atoms with Gasteiger partial charge in [0.05, 0.1) is 16.0 Å². The Balaban J connectivity index is 1.78. The van der Waals surface area contributed by atoms with Gasteiger partial charge in [-0.05, 0) is 59.3 Å². The maximum Gasteiger partial charge on any atom is 0.343 e. The van der Waals surface area contributed by atoms with Crippen LogP contribution in [0.4, 0.5) is 0 Å². The Bertz CT molecular complexity index is 1410. The van der Waals surface area contributed by atoms with E-state index in [0.717, 1.165) is 0 Å². The Morgan fingerprint density at radius 1 is 0.625 bits per heavy atom. The van der Waals surface area contributed by atoms with E-state index in [1.54, 1.807) is 60.7 Å². The fourth-order valence-corrected chi connectivity index (χ4v) is 3.54. The average Bonchev–Trinajstić information content (AvgIpc) is 2.79. The summed E-state index contributed by atoms with van der Waals surface area (Å²) in [7, 11) is -4.43. The lowest BCUT2D eigenvalue weighted by atomic mass is 10.1. The highest BCUT2D eigenvalue weighted by atomic mass is 32.2. The molecule has 160 valence electrons. The Labute approximate surface area is 183 Å². The molecule has 4 aromatic carbocycles. The van der Waals surface area contributed by atoms with E-state index in [1.807, 2.05) is 0 Å². The highest BCUT2D eigenvalue weighted by Crippen LogP contribution is 2.35. The summed E-state index contributed by atoms with van der Waals surface area (Å²) >= 11 is 0. The number of ether oxygens (including phenoxy) is 2. The van der Waals surface area contributed by atoms with Crippen LogP contribution >= 0.6 is 0 Å². The van der Waals surface area contributed by atoms with Crippen molar-refractivity contribution in [2.75, 3.05) is 0 Å². The zero-order valence-electron chi connectivity index (χ0n) is 16.5. The van der Waals surface area contributed by atoms with Crippen molar-refractivity contribution < 1.29 is 32.0 Å². The molecular weight excluding hydrogens is 432 g/mol. The van der Waals surface area contributed by atoms with Crippen molar-refractivity contribution in [2.45, 2.75) is 4.90 Å². The van der Waals surface area contributed by atoms with Gasteiger partial charge in [-0.25, -0.2) is 9.59 Å². The molecule has 4 aromatic rings. The Kier molecular flexibility index (Phi) is 5.72. The molecule has 0 bridgehead atoms. The maximum absolute atomic E-state index is 12.6. The minimum atomic E-state index is -4.43. The lowest BCUT2D eigenvalue weighted by Gasteiger charge is -2.13. The zero-order valence-corrected chi connectivity index (χ0v) is 17.3. The van der Waals surface area contributed by atoms with Gasteiger partial charge in [0.15, 0.2) is 11.5 Å². The predicted molar refractivity (Wildman–Crippen MR) is 117 cm³/mol. The van der Waals surface area contributed by atoms with Crippen LogP contribution < -0.4 is 9.47 Å². The molecule has 0 unspecified atom stereocenters. The molecule has 1 N–H and O–H groups in total. The molecule has 0 radical (unpaired) electrons. The molecular formula is C24H16O7S. The SMILES string of the molecule is O=C(Oc1cc2ccc(S(=O)(=O)O)cc2cc1OC(=O)c1ccccc1)c1ccccc1. The standard InChI is InChI=1S/C24H16O7S/c25-23(16-7-3-1-4-8-16)30-21-14-18-11-12-20(32(27,28)29)13-19(18)15-22(21)31-24(26)17-9-5-2-6-10-17/h1-15H,(H,27,28,29). The predicted octanol–water partition coefficient (Wildman–Crippen LogP) is 4.52. The molecule has 0 aliphatic heterocycles. The second kappa shape index (κ2) is 8.62. The summed E-state index contributed by atoms with van der Waals surface area (Å²) in [5.41, 5.74) is 0.578. The minimum Gasteiger partial charge on any atom is -0.419 e. The third kappa shape index (κ3) is 4.66. The van der Waals surface area contributed by atoms with Crippen molar-refractivity contribution in [3.8, 4) is 11.5 Å². The van der Waals surface area contributed by atoms with Gasteiger partial charge in [0.1, 0.15) is 0 Å². The quantitative estimate of drug-likeness (QED) is 0.272. The molecule has 7 nitrogen and oxygen atoms in total. The van der Waals surface area contributed by atoms with Crippen LogP contribution in [-0.2, 0) is 10.1 Å². The van der Waals surface area contributed by atoms with E-state index in [-0.39, 0.29) is 22.0 Å². The smallest absolute Gasteiger partial charge is 0.343 e. The first-order valence-electron chi connectivity index (χ1n) is 9.41. The van der Waals surface area contributed by atoms with Crippen LogP contribution in [0.3, 0.4) is 0 Å². The van der Waals surface area contributed by atoms with E-state index in [4.69, 9.17) is 9.47 Å². The number of fused-ring (bicyclic) bond motifs is 1. The van der Waals surface area contributed by atoms with E-state index in [0.29, 0.717) is 16.3 Å². The Morgan fingerprint density at radius 2 is 1.09 bits per heavy atom. The van der Waals surface area contributed by atoms with Gasteiger partial charge in [0, 0.05) is 0 Å². The van der Waals surface area contributed by atoms with Gasteiger partial charge >= 0.3 is 11.9 Å². The number of carbonyl (C=O) groups is 2. The van der Waals surface area contributed by atoms with Crippen LogP contribution in [0.25, 0.3) is 10.8 Å². The summed E-state index contributed by atoms with van der Waals surface area (Å²) in [4.78, 5) is 24.8. The topological polar surface area (TPSA) is 107 Å². The van der Waals surface area contributed by atoms with E-state index in [1.165, 1.54) is 30.3 Å². The summed E-state index contributed by atoms with van der Waals surface area (Å²) in [5.74, 6) is -1.44. The van der Waals surface area contributed by atoms with Gasteiger partial charge in [-0.2, -0.15) is 8.42 Å². The Hall–Kier alpha value is -4.01. The summed E-state index contributed by atoms with van der Waals surface area (Å²) < 4.78 is 43.3. The van der Waals surface area contributed by atoms with E-state index < -0.39 is 22.1 Å². The molecule has 0 saturated heterocycles. The zero-order chi connectivity index (χ0) is 22.7. The number of hydrogen-bond acceptors (Lipinski definition) is 6. The van der Waals surface area contributed by atoms with Crippen LogP contribution in [0.15, 0.2) is 95.9 Å². The van der Waals surface area contributed by atoms with Crippen molar-refractivity contribution in [2.24, 2.45) is 0 Å². The fraction of sp³-hybridized carbons (Fsp3) is 0. The second-order valence-corrected chi connectivity index (χ2v) is 8.22. The highest BCUT2D eigenvalue weighted by Gasteiger charge is 2.19. The van der Waals surface area contributed by atoms with Crippen molar-refractivity contribution >= 4 is 32.8 Å². The third-order valence-electron chi connectivity index (χ3n) is 4.60. The lowest BCUT2D eigenvalue weighted by molar-refractivity contribution is 0.0683. The summed E-state index contributed by atoms with van der Waals surface area (Å²) in [6.07, 6.45) is 0. The number of rotatable bonds is 5. The summed E-state index contributed by atoms with van der Waals surface area (Å²) in [6.45, 7) is 0. The average molecular weight is 448 g/mol. The van der Waals surface area contributed by atoms with Crippen LogP contribution in [0, 0.1) is 0 Å². The second-order valence-electron chi connectivity index (χ2n) is 6.79. The van der Waals surface area contributed by atoms with Gasteiger partial charge in [0.2, 0.25) is 0 Å². The number of carbonyl (C=O) groups excluding carboxylic acids is 2. The van der Waals surface area contributed by atoms with Gasteiger partial charge < -0.3 is 9.47 Å². The maximum atomic E-state index is 12.6. The number of hydrogen-bond donors (Lipinski definition) is 1. The first-order chi connectivity index (χ1) is 15.3. The third-order valence-corrected chi connectivity index (χ3v) is 5.45. The molecule has 0 aromatic heterocycles. The Morgan fingerprint density at radius 3 is 1.56 bits per heavy atom. The van der Waals surface area contributed by atoms with E-state index in [2.05, 4.69) is 0 Å². The first kappa shape index (κ1) is 21.2. The number of benzene rings is 4. The van der Waals surface area contributed by atoms with Crippen molar-refractivity contribution in [3.63, 3.8) is 0 Å². The molecule has 0 fully saturated rings. The van der Waals surface area contributed by atoms with Crippen molar-refractivity contribution in [1.82, 2.24) is 0 Å². The molecule has 4 rings (SSSR count). The summed E-state index contributed by atoms with van der Waals surface area (Å²) in [5, 5.41) is 0.864. The first-order valence-corrected chi connectivity index (χ1v) is 10.8. The largest absolute Gasteiger partial charge is 0.419 e. The van der Waals surface area contributed by atoms with Crippen LogP contribution in [0.5, 0.6) is 11.5 Å². The van der Waals surface area contributed by atoms with Crippen LogP contribution in [0.1, 0.15) is 20.7 Å². The van der Waals surface area contributed by atoms with Crippen molar-refractivity contribution in [1.29, 1.82) is 0 Å². The monoisotopic (exact) mass is 448 g/mol. The molecule has 0 amide bonds. The van der Waals surface area contributed by atoms with Crippen molar-refractivity contribution in [3.05, 3.63) is 102 Å². The molecule has 32 heavy (non-hydrogen) atoms. The molecule has 0 saturated carbocycles. The number of esters is 2. The normalized spacial score (nSPS) is 11.2. The van der Waals surface area contributed by atoms with Gasteiger partial charge in [-0.3, -0.25) is 4.55 Å². The van der Waals surface area contributed by atoms with Gasteiger partial charge in [-0.1, -0.05) is 42.5 Å².